The van der Waals surface area contributed by atoms with Crippen molar-refractivity contribution in [3.63, 3.8) is 0 Å². The molecule has 0 aliphatic heterocycles. The molecule has 0 radical (unpaired) electrons. The first-order valence-corrected chi connectivity index (χ1v) is 9.05. The molecule has 1 amide bonds. The first-order chi connectivity index (χ1) is 12.3. The van der Waals surface area contributed by atoms with E-state index < -0.39 is 0 Å². The van der Waals surface area contributed by atoms with Gasteiger partial charge in [0.15, 0.2) is 4.77 Å². The zero-order valence-corrected chi connectivity index (χ0v) is 16.3. The van der Waals surface area contributed by atoms with E-state index in [0.717, 1.165) is 17.9 Å². The van der Waals surface area contributed by atoms with Gasteiger partial charge in [-0.25, -0.2) is 9.07 Å². The van der Waals surface area contributed by atoms with Gasteiger partial charge in [0, 0.05) is 25.9 Å². The SMILES string of the molecule is CC(C)Cn1c(CCC(N)=O)nn(CN(C)Cc2ccc(F)cc2)c1=S. The molecule has 0 bridgehead atoms. The lowest BCUT2D eigenvalue weighted by Crippen LogP contribution is -2.22. The van der Waals surface area contributed by atoms with Crippen LogP contribution in [0.15, 0.2) is 24.3 Å². The smallest absolute Gasteiger partial charge is 0.217 e. The van der Waals surface area contributed by atoms with Crippen molar-refractivity contribution in [2.45, 2.75) is 46.4 Å². The fourth-order valence-electron chi connectivity index (χ4n) is 2.73. The molecule has 0 saturated heterocycles. The average molecular weight is 380 g/mol. The lowest BCUT2D eigenvalue weighted by atomic mass is 10.2. The number of halogens is 1. The van der Waals surface area contributed by atoms with Crippen LogP contribution in [0.2, 0.25) is 0 Å². The number of nitrogens with two attached hydrogens (primary N) is 1. The van der Waals surface area contributed by atoms with Crippen molar-refractivity contribution in [2.24, 2.45) is 11.7 Å². The topological polar surface area (TPSA) is 69.1 Å². The highest BCUT2D eigenvalue weighted by Gasteiger charge is 2.14. The summed E-state index contributed by atoms with van der Waals surface area (Å²) in [5.74, 6) is 0.585. The maximum absolute atomic E-state index is 13.0. The molecule has 1 aromatic heterocycles. The number of aryl methyl sites for hydroxylation is 1. The van der Waals surface area contributed by atoms with Crippen molar-refractivity contribution in [2.75, 3.05) is 7.05 Å². The highest BCUT2D eigenvalue weighted by atomic mass is 32.1. The highest BCUT2D eigenvalue weighted by Crippen LogP contribution is 2.11. The second-order valence-corrected chi connectivity index (χ2v) is 7.32. The van der Waals surface area contributed by atoms with Crippen molar-refractivity contribution < 1.29 is 9.18 Å². The van der Waals surface area contributed by atoms with Crippen LogP contribution in [-0.2, 0) is 31.0 Å². The largest absolute Gasteiger partial charge is 0.370 e. The molecule has 2 aromatic rings. The molecule has 2 rings (SSSR count). The zero-order chi connectivity index (χ0) is 19.3. The quantitative estimate of drug-likeness (QED) is 0.680. The lowest BCUT2D eigenvalue weighted by Gasteiger charge is -2.16. The molecule has 0 fully saturated rings. The Labute approximate surface area is 158 Å². The van der Waals surface area contributed by atoms with Gasteiger partial charge in [0.2, 0.25) is 5.91 Å². The molecule has 8 heteroatoms. The number of aromatic nitrogens is 3. The molecule has 1 heterocycles. The summed E-state index contributed by atoms with van der Waals surface area (Å²) >= 11 is 5.58. The number of nitrogens with zero attached hydrogens (tertiary/aromatic N) is 4. The lowest BCUT2D eigenvalue weighted by molar-refractivity contribution is -0.118. The summed E-state index contributed by atoms with van der Waals surface area (Å²) in [7, 11) is 1.95. The summed E-state index contributed by atoms with van der Waals surface area (Å²) in [5.41, 5.74) is 6.28. The molecule has 6 nitrogen and oxygen atoms in total. The van der Waals surface area contributed by atoms with E-state index in [2.05, 4.69) is 18.9 Å². The van der Waals surface area contributed by atoms with Crippen molar-refractivity contribution in [1.82, 2.24) is 19.2 Å². The Morgan fingerprint density at radius 3 is 2.58 bits per heavy atom. The number of hydrogen-bond donors (Lipinski definition) is 1. The molecule has 0 atom stereocenters. The highest BCUT2D eigenvalue weighted by molar-refractivity contribution is 7.71. The monoisotopic (exact) mass is 379 g/mol. The van der Waals surface area contributed by atoms with Gasteiger partial charge in [-0.15, -0.1) is 0 Å². The van der Waals surface area contributed by atoms with E-state index in [1.54, 1.807) is 16.8 Å². The zero-order valence-electron chi connectivity index (χ0n) is 15.5. The summed E-state index contributed by atoms with van der Waals surface area (Å²) in [6.07, 6.45) is 0.718. The standard InChI is InChI=1S/C18H26FN5OS/c1-13(2)10-23-17(9-8-16(20)25)21-24(18(23)26)12-22(3)11-14-4-6-15(19)7-5-14/h4-7,13H,8-12H2,1-3H3,(H2,20,25). The van der Waals surface area contributed by atoms with Crippen LogP contribution < -0.4 is 5.73 Å². The van der Waals surface area contributed by atoms with Crippen molar-refractivity contribution in [3.05, 3.63) is 46.2 Å². The van der Waals surface area contributed by atoms with Crippen molar-refractivity contribution >= 4 is 18.1 Å². The molecule has 1 aromatic carbocycles. The van der Waals surface area contributed by atoms with E-state index in [4.69, 9.17) is 18.0 Å². The molecular weight excluding hydrogens is 353 g/mol. The normalized spacial score (nSPS) is 11.5. The molecule has 142 valence electrons. The van der Waals surface area contributed by atoms with E-state index in [1.807, 2.05) is 16.5 Å². The van der Waals surface area contributed by atoms with Crippen molar-refractivity contribution in [1.29, 1.82) is 0 Å². The van der Waals surface area contributed by atoms with Crippen LogP contribution in [0.5, 0.6) is 0 Å². The van der Waals surface area contributed by atoms with E-state index in [9.17, 15) is 9.18 Å². The predicted octanol–water partition coefficient (Wildman–Crippen LogP) is 2.72. The third-order valence-electron chi connectivity index (χ3n) is 3.88. The van der Waals surface area contributed by atoms with Gasteiger partial charge in [0.25, 0.3) is 0 Å². The van der Waals surface area contributed by atoms with Crippen LogP contribution in [-0.4, -0.2) is 32.2 Å². The van der Waals surface area contributed by atoms with Crippen LogP contribution in [0.4, 0.5) is 4.39 Å². The minimum Gasteiger partial charge on any atom is -0.370 e. The van der Waals surface area contributed by atoms with Crippen LogP contribution in [0, 0.1) is 16.5 Å². The Hall–Kier alpha value is -2.06. The number of carbonyl (C=O) groups excluding carboxylic acids is 1. The van der Waals surface area contributed by atoms with Gasteiger partial charge in [-0.1, -0.05) is 26.0 Å². The molecule has 0 saturated carbocycles. The number of hydrogen-bond acceptors (Lipinski definition) is 4. The second kappa shape index (κ2) is 9.05. The van der Waals surface area contributed by atoms with Gasteiger partial charge in [0.05, 0.1) is 6.67 Å². The summed E-state index contributed by atoms with van der Waals surface area (Å²) < 4.78 is 17.4. The maximum atomic E-state index is 13.0. The van der Waals surface area contributed by atoms with Crippen LogP contribution >= 0.6 is 12.2 Å². The van der Waals surface area contributed by atoms with E-state index >= 15 is 0 Å². The molecular formula is C18H26FN5OS. The number of benzene rings is 1. The predicted molar refractivity (Wildman–Crippen MR) is 101 cm³/mol. The molecule has 0 aliphatic carbocycles. The Kier molecular flexibility index (Phi) is 7.05. The summed E-state index contributed by atoms with van der Waals surface area (Å²) in [5, 5.41) is 4.60. The maximum Gasteiger partial charge on any atom is 0.217 e. The fourth-order valence-corrected chi connectivity index (χ4v) is 3.01. The minimum atomic E-state index is -0.352. The van der Waals surface area contributed by atoms with Crippen molar-refractivity contribution in [3.8, 4) is 0 Å². The number of rotatable bonds is 9. The Morgan fingerprint density at radius 2 is 2.00 bits per heavy atom. The number of amides is 1. The third-order valence-corrected chi connectivity index (χ3v) is 4.31. The first-order valence-electron chi connectivity index (χ1n) is 8.64. The summed E-state index contributed by atoms with van der Waals surface area (Å²) in [6.45, 7) is 6.12. The van der Waals surface area contributed by atoms with Crippen LogP contribution in [0.25, 0.3) is 0 Å². The van der Waals surface area contributed by atoms with E-state index in [0.29, 0.717) is 30.3 Å². The molecule has 0 aliphatic rings. The fraction of sp³-hybridized carbons (Fsp3) is 0.500. The summed E-state index contributed by atoms with van der Waals surface area (Å²) in [6, 6.07) is 6.43. The van der Waals surface area contributed by atoms with Crippen LogP contribution in [0.1, 0.15) is 31.7 Å². The summed E-state index contributed by atoms with van der Waals surface area (Å²) in [4.78, 5) is 13.2. The van der Waals surface area contributed by atoms with Gasteiger partial charge in [-0.3, -0.25) is 9.69 Å². The first kappa shape index (κ1) is 20.3. The van der Waals surface area contributed by atoms with Crippen LogP contribution in [0.3, 0.4) is 0 Å². The van der Waals surface area contributed by atoms with E-state index in [1.165, 1.54) is 12.1 Å². The third kappa shape index (κ3) is 5.74. The Morgan fingerprint density at radius 1 is 1.35 bits per heavy atom. The Balaban J connectivity index is 2.15. The van der Waals surface area contributed by atoms with Gasteiger partial charge < -0.3 is 10.3 Å². The molecule has 0 spiro atoms. The molecule has 2 N–H and O–H groups in total. The van der Waals surface area contributed by atoms with Gasteiger partial charge >= 0.3 is 0 Å². The Bertz CT molecular complexity index is 797. The van der Waals surface area contributed by atoms with Gasteiger partial charge in [-0.2, -0.15) is 5.10 Å². The van der Waals surface area contributed by atoms with Gasteiger partial charge in [-0.05, 0) is 42.9 Å². The minimum absolute atomic E-state index is 0.245. The number of primary amides is 1. The van der Waals surface area contributed by atoms with E-state index in [-0.39, 0.29) is 18.1 Å². The molecule has 26 heavy (non-hydrogen) atoms. The average Bonchev–Trinajstić information content (AvgIpc) is 2.83. The second-order valence-electron chi connectivity index (χ2n) is 6.95. The molecule has 0 unspecified atom stereocenters. The van der Waals surface area contributed by atoms with Gasteiger partial charge in [0.1, 0.15) is 11.6 Å². The number of carbonyl (C=O) groups is 1.